The topological polar surface area (TPSA) is 47.6 Å². The summed E-state index contributed by atoms with van der Waals surface area (Å²) in [5.41, 5.74) is 0.787. The van der Waals surface area contributed by atoms with Crippen LogP contribution in [0.15, 0.2) is 41.8 Å². The lowest BCUT2D eigenvalue weighted by Gasteiger charge is -2.19. The Bertz CT molecular complexity index is 569. The molecule has 4 nitrogen and oxygen atoms in total. The first-order valence-electron chi connectivity index (χ1n) is 6.81. The minimum absolute atomic E-state index is 0.293. The number of benzene rings is 1. The van der Waals surface area contributed by atoms with Crippen LogP contribution in [0.2, 0.25) is 0 Å². The quantitative estimate of drug-likeness (QED) is 0.798. The molecular formula is C16H19NO3S. The zero-order valence-electron chi connectivity index (χ0n) is 12.2. The summed E-state index contributed by atoms with van der Waals surface area (Å²) in [5.74, 6) is 0.382. The van der Waals surface area contributed by atoms with Crippen molar-refractivity contribution >= 4 is 17.3 Å². The van der Waals surface area contributed by atoms with Crippen molar-refractivity contribution in [3.8, 4) is 5.75 Å². The lowest BCUT2D eigenvalue weighted by molar-refractivity contribution is -0.146. The number of hydrogen-bond donors (Lipinski definition) is 1. The molecule has 0 saturated heterocycles. The number of methoxy groups -OCH3 is 1. The molecule has 2 rings (SSSR count). The number of hydrogen-bond acceptors (Lipinski definition) is 5. The van der Waals surface area contributed by atoms with Gasteiger partial charge < -0.3 is 9.47 Å². The highest BCUT2D eigenvalue weighted by Gasteiger charge is 2.24. The number of rotatable bonds is 7. The maximum atomic E-state index is 12.2. The molecule has 0 radical (unpaired) electrons. The summed E-state index contributed by atoms with van der Waals surface area (Å²) in [4.78, 5) is 13.4. The highest BCUT2D eigenvalue weighted by molar-refractivity contribution is 7.09. The SMILES string of the molecule is CCOC(=O)C(NCc1cccs1)c1ccccc1OC. The van der Waals surface area contributed by atoms with E-state index in [2.05, 4.69) is 5.32 Å². The molecule has 5 heteroatoms. The summed E-state index contributed by atoms with van der Waals surface area (Å²) in [6.45, 7) is 2.76. The number of ether oxygens (including phenoxy) is 2. The van der Waals surface area contributed by atoms with Gasteiger partial charge in [0.15, 0.2) is 0 Å². The Kier molecular flexibility index (Phi) is 5.78. The predicted molar refractivity (Wildman–Crippen MR) is 83.5 cm³/mol. The van der Waals surface area contributed by atoms with E-state index in [9.17, 15) is 4.79 Å². The molecule has 1 aromatic carbocycles. The second-order valence-electron chi connectivity index (χ2n) is 4.39. The largest absolute Gasteiger partial charge is 0.496 e. The molecule has 112 valence electrons. The second kappa shape index (κ2) is 7.81. The van der Waals surface area contributed by atoms with E-state index in [1.165, 1.54) is 4.88 Å². The predicted octanol–water partition coefficient (Wildman–Crippen LogP) is 3.15. The van der Waals surface area contributed by atoms with Gasteiger partial charge in [-0.3, -0.25) is 5.32 Å². The van der Waals surface area contributed by atoms with Gasteiger partial charge >= 0.3 is 5.97 Å². The zero-order valence-corrected chi connectivity index (χ0v) is 13.0. The van der Waals surface area contributed by atoms with E-state index in [1.54, 1.807) is 25.4 Å². The maximum Gasteiger partial charge on any atom is 0.327 e. The Labute approximate surface area is 128 Å². The van der Waals surface area contributed by atoms with Crippen molar-refractivity contribution < 1.29 is 14.3 Å². The molecule has 0 saturated carbocycles. The lowest BCUT2D eigenvalue weighted by atomic mass is 10.1. The van der Waals surface area contributed by atoms with Crippen molar-refractivity contribution in [3.05, 3.63) is 52.2 Å². The summed E-state index contributed by atoms with van der Waals surface area (Å²) >= 11 is 1.65. The van der Waals surface area contributed by atoms with Gasteiger partial charge in [-0.2, -0.15) is 0 Å². The number of carbonyl (C=O) groups is 1. The van der Waals surface area contributed by atoms with E-state index in [0.29, 0.717) is 18.9 Å². The first kappa shape index (κ1) is 15.5. The van der Waals surface area contributed by atoms with Crippen LogP contribution in [0.3, 0.4) is 0 Å². The Balaban J connectivity index is 2.20. The summed E-state index contributed by atoms with van der Waals surface area (Å²) in [6, 6.07) is 11.0. The summed E-state index contributed by atoms with van der Waals surface area (Å²) in [6.07, 6.45) is 0. The average molecular weight is 305 g/mol. The van der Waals surface area contributed by atoms with Crippen LogP contribution in [-0.2, 0) is 16.1 Å². The third kappa shape index (κ3) is 4.06. The van der Waals surface area contributed by atoms with Crippen molar-refractivity contribution in [2.75, 3.05) is 13.7 Å². The fourth-order valence-electron chi connectivity index (χ4n) is 2.07. The van der Waals surface area contributed by atoms with Crippen molar-refractivity contribution in [1.29, 1.82) is 0 Å². The van der Waals surface area contributed by atoms with Crippen molar-refractivity contribution in [3.63, 3.8) is 0 Å². The first-order valence-corrected chi connectivity index (χ1v) is 7.69. The molecule has 0 spiro atoms. The number of carbonyl (C=O) groups excluding carboxylic acids is 1. The van der Waals surface area contributed by atoms with Gasteiger partial charge in [-0.15, -0.1) is 11.3 Å². The lowest BCUT2D eigenvalue weighted by Crippen LogP contribution is -2.30. The van der Waals surface area contributed by atoms with Crippen LogP contribution >= 0.6 is 11.3 Å². The molecule has 1 N–H and O–H groups in total. The molecule has 0 aliphatic rings. The van der Waals surface area contributed by atoms with E-state index >= 15 is 0 Å². The molecule has 0 aliphatic heterocycles. The molecule has 0 aliphatic carbocycles. The Morgan fingerprint density at radius 2 is 2.10 bits per heavy atom. The van der Waals surface area contributed by atoms with Crippen LogP contribution in [0.1, 0.15) is 23.4 Å². The molecule has 1 aromatic heterocycles. The molecule has 1 unspecified atom stereocenters. The normalized spacial score (nSPS) is 11.9. The molecule has 1 heterocycles. The van der Waals surface area contributed by atoms with E-state index < -0.39 is 6.04 Å². The van der Waals surface area contributed by atoms with Gasteiger partial charge in [0.2, 0.25) is 0 Å². The fraction of sp³-hybridized carbons (Fsp3) is 0.312. The van der Waals surface area contributed by atoms with Crippen LogP contribution < -0.4 is 10.1 Å². The minimum atomic E-state index is -0.539. The van der Waals surface area contributed by atoms with Gasteiger partial charge in [0.1, 0.15) is 11.8 Å². The Morgan fingerprint density at radius 3 is 2.76 bits per heavy atom. The molecular weight excluding hydrogens is 286 g/mol. The third-order valence-corrected chi connectivity index (χ3v) is 3.91. The van der Waals surface area contributed by atoms with Gasteiger partial charge in [-0.05, 0) is 24.4 Å². The summed E-state index contributed by atoms with van der Waals surface area (Å²) < 4.78 is 10.5. The monoisotopic (exact) mass is 305 g/mol. The zero-order chi connectivity index (χ0) is 15.1. The number of thiophene rings is 1. The Morgan fingerprint density at radius 1 is 1.29 bits per heavy atom. The number of esters is 1. The van der Waals surface area contributed by atoms with Crippen LogP contribution in [0, 0.1) is 0 Å². The summed E-state index contributed by atoms with van der Waals surface area (Å²) in [5, 5.41) is 5.27. The van der Waals surface area contributed by atoms with Crippen LogP contribution in [0.4, 0.5) is 0 Å². The van der Waals surface area contributed by atoms with Crippen LogP contribution in [0.25, 0.3) is 0 Å². The van der Waals surface area contributed by atoms with Crippen LogP contribution in [0.5, 0.6) is 5.75 Å². The molecule has 1 atom stereocenters. The maximum absolute atomic E-state index is 12.2. The van der Waals surface area contributed by atoms with E-state index in [4.69, 9.17) is 9.47 Å². The molecule has 0 amide bonds. The Hall–Kier alpha value is -1.85. The van der Waals surface area contributed by atoms with E-state index in [1.807, 2.05) is 41.8 Å². The molecule has 0 fully saturated rings. The van der Waals surface area contributed by atoms with Crippen molar-refractivity contribution in [1.82, 2.24) is 5.32 Å². The van der Waals surface area contributed by atoms with Crippen molar-refractivity contribution in [2.24, 2.45) is 0 Å². The van der Waals surface area contributed by atoms with Crippen molar-refractivity contribution in [2.45, 2.75) is 19.5 Å². The summed E-state index contributed by atoms with van der Waals surface area (Å²) in [7, 11) is 1.60. The average Bonchev–Trinajstić information content (AvgIpc) is 3.01. The highest BCUT2D eigenvalue weighted by atomic mass is 32.1. The van der Waals surface area contributed by atoms with Gasteiger partial charge in [-0.1, -0.05) is 24.3 Å². The van der Waals surface area contributed by atoms with Gasteiger partial charge in [0.05, 0.1) is 13.7 Å². The van der Waals surface area contributed by atoms with Crippen LogP contribution in [-0.4, -0.2) is 19.7 Å². The molecule has 0 bridgehead atoms. The second-order valence-corrected chi connectivity index (χ2v) is 5.42. The van der Waals surface area contributed by atoms with Gasteiger partial charge in [0, 0.05) is 17.0 Å². The number of para-hydroxylation sites is 1. The number of nitrogens with one attached hydrogen (secondary N) is 1. The standard InChI is InChI=1S/C16H19NO3S/c1-3-20-16(18)15(17-11-12-7-6-10-21-12)13-8-4-5-9-14(13)19-2/h4-10,15,17H,3,11H2,1-2H3. The van der Waals surface area contributed by atoms with Gasteiger partial charge in [0.25, 0.3) is 0 Å². The smallest absolute Gasteiger partial charge is 0.327 e. The third-order valence-electron chi connectivity index (χ3n) is 3.03. The fourth-order valence-corrected chi connectivity index (χ4v) is 2.72. The van der Waals surface area contributed by atoms with E-state index in [0.717, 1.165) is 5.56 Å². The van der Waals surface area contributed by atoms with E-state index in [-0.39, 0.29) is 5.97 Å². The molecule has 21 heavy (non-hydrogen) atoms. The van der Waals surface area contributed by atoms with Gasteiger partial charge in [-0.25, -0.2) is 4.79 Å². The minimum Gasteiger partial charge on any atom is -0.496 e. The molecule has 2 aromatic rings. The highest BCUT2D eigenvalue weighted by Crippen LogP contribution is 2.26. The first-order chi connectivity index (χ1) is 10.3.